The third-order valence-electron chi connectivity index (χ3n) is 5.87. The number of nitrogens with zero attached hydrogens (tertiary/aromatic N) is 2. The van der Waals surface area contributed by atoms with Gasteiger partial charge in [-0.2, -0.15) is 0 Å². The van der Waals surface area contributed by atoms with Crippen LogP contribution < -0.4 is 4.90 Å². The summed E-state index contributed by atoms with van der Waals surface area (Å²) in [5.74, 6) is 0. The molecule has 5 rings (SSSR count). The van der Waals surface area contributed by atoms with Crippen LogP contribution in [-0.4, -0.2) is 36.1 Å². The first-order valence-corrected chi connectivity index (χ1v) is 10.5. The molecule has 146 valence electrons. The highest BCUT2D eigenvalue weighted by Crippen LogP contribution is 2.33. The van der Waals surface area contributed by atoms with E-state index in [0.717, 1.165) is 36.7 Å². The van der Waals surface area contributed by atoms with Crippen molar-refractivity contribution in [1.82, 2.24) is 9.88 Å². The van der Waals surface area contributed by atoms with Crippen LogP contribution in [0.3, 0.4) is 0 Å². The van der Waals surface area contributed by atoms with Gasteiger partial charge in [0.25, 0.3) is 0 Å². The lowest BCUT2D eigenvalue weighted by Gasteiger charge is -2.40. The van der Waals surface area contributed by atoms with E-state index in [9.17, 15) is 0 Å². The molecule has 0 saturated carbocycles. The molecule has 0 unspecified atom stereocenters. The zero-order valence-electron chi connectivity index (χ0n) is 16.3. The van der Waals surface area contributed by atoms with Crippen LogP contribution in [0.2, 0.25) is 5.02 Å². The molecule has 1 aliphatic heterocycles. The molecule has 0 atom stereocenters. The molecule has 3 nitrogen and oxygen atoms in total. The molecule has 1 aliphatic rings. The zero-order chi connectivity index (χ0) is 19.6. The normalized spacial score (nSPS) is 15.3. The number of aromatic amines is 1. The number of hydrogen-bond acceptors (Lipinski definition) is 2. The number of aromatic nitrogens is 1. The Hall–Kier alpha value is -2.75. The minimum Gasteiger partial charge on any atom is -0.367 e. The molecule has 0 spiro atoms. The number of H-pyrrole nitrogens is 1. The summed E-state index contributed by atoms with van der Waals surface area (Å²) in [6.45, 7) is 4.06. The Labute approximate surface area is 176 Å². The summed E-state index contributed by atoms with van der Waals surface area (Å²) in [7, 11) is 0. The Bertz CT molecular complexity index is 1040. The van der Waals surface area contributed by atoms with Crippen molar-refractivity contribution < 1.29 is 0 Å². The molecule has 0 bridgehead atoms. The number of anilines is 1. The Morgan fingerprint density at radius 3 is 2.00 bits per heavy atom. The van der Waals surface area contributed by atoms with Gasteiger partial charge in [-0.1, -0.05) is 72.3 Å². The third kappa shape index (κ3) is 3.64. The molecule has 0 aliphatic carbocycles. The number of hydrogen-bond donors (Lipinski definition) is 1. The van der Waals surface area contributed by atoms with E-state index in [2.05, 4.69) is 87.7 Å². The van der Waals surface area contributed by atoms with Gasteiger partial charge in [0.2, 0.25) is 0 Å². The molecule has 0 radical (unpaired) electrons. The first kappa shape index (κ1) is 18.3. The highest BCUT2D eigenvalue weighted by Gasteiger charge is 2.27. The maximum absolute atomic E-state index is 6.14. The number of nitrogens with one attached hydrogen (secondary N) is 1. The van der Waals surface area contributed by atoms with Gasteiger partial charge in [-0.05, 0) is 29.3 Å². The van der Waals surface area contributed by atoms with Crippen molar-refractivity contribution in [3.8, 4) is 0 Å². The fourth-order valence-corrected chi connectivity index (χ4v) is 4.62. The average Bonchev–Trinajstić information content (AvgIpc) is 3.19. The number of fused-ring (bicyclic) bond motifs is 1. The van der Waals surface area contributed by atoms with Gasteiger partial charge >= 0.3 is 0 Å². The first-order valence-electron chi connectivity index (χ1n) is 10.1. The van der Waals surface area contributed by atoms with E-state index in [1.807, 2.05) is 12.1 Å². The molecule has 4 heteroatoms. The number of piperazine rings is 1. The summed E-state index contributed by atoms with van der Waals surface area (Å²) in [6.07, 6.45) is 2.11. The SMILES string of the molecule is Clc1ccc2c(N3CCN(C(c4ccccc4)c4ccccc4)CC3)c[nH]c2c1. The summed E-state index contributed by atoms with van der Waals surface area (Å²) in [4.78, 5) is 8.46. The van der Waals surface area contributed by atoms with Gasteiger partial charge in [0.15, 0.2) is 0 Å². The van der Waals surface area contributed by atoms with Crippen molar-refractivity contribution in [2.75, 3.05) is 31.1 Å². The van der Waals surface area contributed by atoms with Gasteiger partial charge in [-0.25, -0.2) is 0 Å². The quantitative estimate of drug-likeness (QED) is 0.471. The molecule has 0 amide bonds. The summed E-state index contributed by atoms with van der Waals surface area (Å²) in [5, 5.41) is 2.01. The van der Waals surface area contributed by atoms with Gasteiger partial charge in [0.1, 0.15) is 0 Å². The maximum atomic E-state index is 6.14. The second kappa shape index (κ2) is 7.94. The Morgan fingerprint density at radius 2 is 1.38 bits per heavy atom. The highest BCUT2D eigenvalue weighted by molar-refractivity contribution is 6.31. The van der Waals surface area contributed by atoms with Gasteiger partial charge < -0.3 is 9.88 Å². The van der Waals surface area contributed by atoms with E-state index in [-0.39, 0.29) is 0 Å². The van der Waals surface area contributed by atoms with Crippen LogP contribution in [0.15, 0.2) is 85.1 Å². The fraction of sp³-hybridized carbons (Fsp3) is 0.200. The minimum absolute atomic E-state index is 0.293. The van der Waals surface area contributed by atoms with Crippen molar-refractivity contribution in [1.29, 1.82) is 0 Å². The standard InChI is InChI=1S/C25H24ClN3/c26-21-11-12-22-23(17-21)27-18-24(22)28-13-15-29(16-14-28)25(19-7-3-1-4-8-19)20-9-5-2-6-10-20/h1-12,17-18,25,27H,13-16H2. The van der Waals surface area contributed by atoms with Crippen LogP contribution in [0.4, 0.5) is 5.69 Å². The summed E-state index contributed by atoms with van der Waals surface area (Å²) >= 11 is 6.14. The molecular weight excluding hydrogens is 378 g/mol. The molecule has 1 fully saturated rings. The molecule has 3 aromatic carbocycles. The third-order valence-corrected chi connectivity index (χ3v) is 6.11. The molecule has 2 heterocycles. The summed E-state index contributed by atoms with van der Waals surface area (Å²) in [6, 6.07) is 28.1. The van der Waals surface area contributed by atoms with E-state index in [4.69, 9.17) is 11.6 Å². The topological polar surface area (TPSA) is 22.3 Å². The van der Waals surface area contributed by atoms with E-state index < -0.39 is 0 Å². The van der Waals surface area contributed by atoms with Crippen molar-refractivity contribution in [2.45, 2.75) is 6.04 Å². The van der Waals surface area contributed by atoms with Gasteiger partial charge in [0.05, 0.1) is 11.7 Å². The van der Waals surface area contributed by atoms with Crippen molar-refractivity contribution >= 4 is 28.2 Å². The van der Waals surface area contributed by atoms with Crippen LogP contribution in [0.5, 0.6) is 0 Å². The highest BCUT2D eigenvalue weighted by atomic mass is 35.5. The Morgan fingerprint density at radius 1 is 0.759 bits per heavy atom. The predicted molar refractivity (Wildman–Crippen MR) is 122 cm³/mol. The Kier molecular flexibility index (Phi) is 5.01. The first-order chi connectivity index (χ1) is 14.3. The van der Waals surface area contributed by atoms with Crippen LogP contribution in [0.1, 0.15) is 17.2 Å². The van der Waals surface area contributed by atoms with Crippen molar-refractivity contribution in [2.24, 2.45) is 0 Å². The largest absolute Gasteiger partial charge is 0.367 e. The molecule has 1 N–H and O–H groups in total. The van der Waals surface area contributed by atoms with Gasteiger partial charge in [-0.3, -0.25) is 4.90 Å². The van der Waals surface area contributed by atoms with Gasteiger partial charge in [-0.15, -0.1) is 0 Å². The average molecular weight is 402 g/mol. The molecule has 1 saturated heterocycles. The number of benzene rings is 3. The van der Waals surface area contributed by atoms with Crippen molar-refractivity contribution in [3.63, 3.8) is 0 Å². The lowest BCUT2D eigenvalue weighted by molar-refractivity contribution is 0.212. The second-order valence-electron chi connectivity index (χ2n) is 7.61. The van der Waals surface area contributed by atoms with E-state index >= 15 is 0 Å². The lowest BCUT2D eigenvalue weighted by Crippen LogP contribution is -2.47. The van der Waals surface area contributed by atoms with Crippen LogP contribution in [0, 0.1) is 0 Å². The smallest absolute Gasteiger partial charge is 0.0624 e. The predicted octanol–water partition coefficient (Wildman–Crippen LogP) is 5.73. The molecule has 1 aromatic heterocycles. The zero-order valence-corrected chi connectivity index (χ0v) is 17.0. The molecule has 4 aromatic rings. The van der Waals surface area contributed by atoms with Gasteiger partial charge in [0, 0.05) is 48.3 Å². The van der Waals surface area contributed by atoms with Crippen LogP contribution >= 0.6 is 11.6 Å². The van der Waals surface area contributed by atoms with E-state index in [0.29, 0.717) is 6.04 Å². The lowest BCUT2D eigenvalue weighted by atomic mass is 9.96. The minimum atomic E-state index is 0.293. The monoisotopic (exact) mass is 401 g/mol. The molecule has 29 heavy (non-hydrogen) atoms. The fourth-order valence-electron chi connectivity index (χ4n) is 4.45. The second-order valence-corrected chi connectivity index (χ2v) is 8.05. The number of rotatable bonds is 4. The summed E-state index contributed by atoms with van der Waals surface area (Å²) < 4.78 is 0. The number of halogens is 1. The molecular formula is C25H24ClN3. The van der Waals surface area contributed by atoms with E-state index in [1.165, 1.54) is 22.2 Å². The van der Waals surface area contributed by atoms with E-state index in [1.54, 1.807) is 0 Å². The van der Waals surface area contributed by atoms with Crippen LogP contribution in [0.25, 0.3) is 10.9 Å². The Balaban J connectivity index is 1.39. The maximum Gasteiger partial charge on any atom is 0.0624 e. The van der Waals surface area contributed by atoms with Crippen LogP contribution in [-0.2, 0) is 0 Å². The summed E-state index contributed by atoms with van der Waals surface area (Å²) in [5.41, 5.74) is 5.08. The van der Waals surface area contributed by atoms with Crippen molar-refractivity contribution in [3.05, 3.63) is 101 Å².